The molecule has 2 atom stereocenters. The number of hydrogen-bond donors (Lipinski definition) is 2. The van der Waals surface area contributed by atoms with Gasteiger partial charge in [0.1, 0.15) is 0 Å². The zero-order valence-electron chi connectivity index (χ0n) is 15.7. The van der Waals surface area contributed by atoms with E-state index in [0.717, 1.165) is 21.2 Å². The number of allylic oxidation sites excluding steroid dienone is 2. The summed E-state index contributed by atoms with van der Waals surface area (Å²) in [7, 11) is 0. The van der Waals surface area contributed by atoms with Crippen LogP contribution in [0, 0.1) is 5.41 Å². The van der Waals surface area contributed by atoms with Gasteiger partial charge in [0.2, 0.25) is 0 Å². The maximum Gasteiger partial charge on any atom is 0.320 e. The molecule has 1 aliphatic rings. The lowest BCUT2D eigenvalue weighted by atomic mass is 9.64. The topological polar surface area (TPSA) is 78.8 Å². The van der Waals surface area contributed by atoms with Crippen molar-refractivity contribution in [2.75, 3.05) is 0 Å². The average molecular weight is 476 g/mol. The van der Waals surface area contributed by atoms with Gasteiger partial charge in [0.25, 0.3) is 5.91 Å². The van der Waals surface area contributed by atoms with Crippen LogP contribution in [0.25, 0.3) is 0 Å². The number of halogens is 2. The molecule has 0 fully saturated rings. The van der Waals surface area contributed by atoms with Crippen molar-refractivity contribution in [2.45, 2.75) is 25.7 Å². The van der Waals surface area contributed by atoms with Crippen molar-refractivity contribution < 1.29 is 14.7 Å². The predicted octanol–water partition coefficient (Wildman–Crippen LogP) is 5.15. The van der Waals surface area contributed by atoms with Gasteiger partial charge in [-0.3, -0.25) is 9.59 Å². The summed E-state index contributed by atoms with van der Waals surface area (Å²) in [5.41, 5.74) is 3.41. The van der Waals surface area contributed by atoms with E-state index in [4.69, 9.17) is 11.6 Å². The van der Waals surface area contributed by atoms with Gasteiger partial charge in [0, 0.05) is 15.4 Å². The van der Waals surface area contributed by atoms with Crippen molar-refractivity contribution in [1.29, 1.82) is 0 Å². The Labute approximate surface area is 182 Å². The zero-order valence-corrected chi connectivity index (χ0v) is 18.1. The number of hydrogen-bond acceptors (Lipinski definition) is 3. The molecule has 150 valence electrons. The van der Waals surface area contributed by atoms with E-state index in [1.54, 1.807) is 24.3 Å². The molecule has 0 aliphatic heterocycles. The molecular weight excluding hydrogens is 456 g/mol. The van der Waals surface area contributed by atoms with Crippen molar-refractivity contribution in [3.05, 3.63) is 80.8 Å². The number of nitrogens with one attached hydrogen (secondary N) is 1. The minimum Gasteiger partial charge on any atom is -0.480 e. The molecule has 2 aromatic carbocycles. The summed E-state index contributed by atoms with van der Waals surface area (Å²) in [6, 6.07) is 14.3. The molecule has 29 heavy (non-hydrogen) atoms. The Balaban J connectivity index is 1.91. The monoisotopic (exact) mass is 474 g/mol. The second-order valence-corrected chi connectivity index (χ2v) is 8.44. The quantitative estimate of drug-likeness (QED) is 0.272. The highest BCUT2D eigenvalue weighted by atomic mass is 79.9. The molecule has 0 radical (unpaired) electrons. The van der Waals surface area contributed by atoms with E-state index in [2.05, 4.69) is 26.5 Å². The fraction of sp³-hybridized carbons (Fsp3) is 0.227. The van der Waals surface area contributed by atoms with Crippen molar-refractivity contribution >= 4 is 45.6 Å². The molecule has 0 saturated heterocycles. The molecule has 1 aliphatic carbocycles. The summed E-state index contributed by atoms with van der Waals surface area (Å²) < 4.78 is 0.891. The Morgan fingerprint density at radius 3 is 2.48 bits per heavy atom. The number of aliphatic carboxylic acids is 1. The first-order chi connectivity index (χ1) is 13.8. The number of amides is 1. The van der Waals surface area contributed by atoms with Gasteiger partial charge in [-0.2, -0.15) is 5.10 Å². The highest BCUT2D eigenvalue weighted by Crippen LogP contribution is 2.47. The lowest BCUT2D eigenvalue weighted by Crippen LogP contribution is -2.50. The van der Waals surface area contributed by atoms with Gasteiger partial charge in [-0.25, -0.2) is 5.43 Å². The first-order valence-corrected chi connectivity index (χ1v) is 10.2. The van der Waals surface area contributed by atoms with E-state index < -0.39 is 23.2 Å². The molecule has 0 aromatic heterocycles. The van der Waals surface area contributed by atoms with Crippen LogP contribution >= 0.6 is 27.5 Å². The summed E-state index contributed by atoms with van der Waals surface area (Å²) in [4.78, 5) is 25.5. The van der Waals surface area contributed by atoms with Gasteiger partial charge in [-0.15, -0.1) is 0 Å². The van der Waals surface area contributed by atoms with Crippen molar-refractivity contribution in [1.82, 2.24) is 5.43 Å². The molecule has 2 unspecified atom stereocenters. The van der Waals surface area contributed by atoms with Gasteiger partial charge in [0.05, 0.1) is 6.21 Å². The van der Waals surface area contributed by atoms with Crippen molar-refractivity contribution in [3.8, 4) is 0 Å². The Morgan fingerprint density at radius 1 is 1.21 bits per heavy atom. The van der Waals surface area contributed by atoms with Crippen molar-refractivity contribution in [2.24, 2.45) is 10.5 Å². The number of carbonyl (C=O) groups is 2. The highest BCUT2D eigenvalue weighted by Gasteiger charge is 2.53. The molecule has 7 heteroatoms. The lowest BCUT2D eigenvalue weighted by Gasteiger charge is -2.38. The van der Waals surface area contributed by atoms with E-state index >= 15 is 0 Å². The normalized spacial score (nSPS) is 21.6. The molecule has 0 spiro atoms. The van der Waals surface area contributed by atoms with Crippen molar-refractivity contribution in [3.63, 3.8) is 0 Å². The summed E-state index contributed by atoms with van der Waals surface area (Å²) in [5.74, 6) is -2.29. The van der Waals surface area contributed by atoms with Crippen LogP contribution in [0.1, 0.15) is 36.8 Å². The van der Waals surface area contributed by atoms with E-state index in [1.165, 1.54) is 6.21 Å². The van der Waals surface area contributed by atoms with Gasteiger partial charge in [0.15, 0.2) is 5.41 Å². The van der Waals surface area contributed by atoms with Gasteiger partial charge in [-0.05, 0) is 55.2 Å². The molecule has 5 nitrogen and oxygen atoms in total. The Hall–Kier alpha value is -2.44. The fourth-order valence-electron chi connectivity index (χ4n) is 3.55. The number of nitrogens with zero attached hydrogens (tertiary/aromatic N) is 1. The Kier molecular flexibility index (Phi) is 6.55. The van der Waals surface area contributed by atoms with E-state index in [-0.39, 0.29) is 6.42 Å². The summed E-state index contributed by atoms with van der Waals surface area (Å²) in [6.07, 6.45) is 3.88. The Morgan fingerprint density at radius 2 is 1.86 bits per heavy atom. The molecule has 1 amide bonds. The van der Waals surface area contributed by atoms with Crippen LogP contribution in [-0.2, 0) is 9.59 Å². The van der Waals surface area contributed by atoms with Crippen LogP contribution in [0.4, 0.5) is 0 Å². The number of benzene rings is 2. The number of carboxylic acid groups (broad SMARTS) is 1. The minimum atomic E-state index is -1.63. The van der Waals surface area contributed by atoms with Gasteiger partial charge < -0.3 is 5.11 Å². The van der Waals surface area contributed by atoms with Crippen LogP contribution < -0.4 is 5.43 Å². The number of hydrazone groups is 1. The van der Waals surface area contributed by atoms with Crippen LogP contribution in [0.15, 0.2) is 69.8 Å². The zero-order chi connectivity index (χ0) is 21.0. The smallest absolute Gasteiger partial charge is 0.320 e. The molecule has 2 N–H and O–H groups in total. The summed E-state index contributed by atoms with van der Waals surface area (Å²) in [5, 5.41) is 14.7. The van der Waals surface area contributed by atoms with E-state index in [0.29, 0.717) is 11.4 Å². The minimum absolute atomic E-state index is 0.108. The standard InChI is InChI=1S/C22H20BrClN2O3/c1-14-10-11-22(21(28)29,19(12-14)16-4-6-17(23)7-5-16)20(27)26-25-13-15-2-8-18(24)9-3-15/h2-10,13,19H,11-12H2,1H3,(H,26,27)(H,28,29). The second-order valence-electron chi connectivity index (χ2n) is 7.09. The SMILES string of the molecule is CC1=CCC(C(=O)O)(C(=O)NN=Cc2ccc(Cl)cc2)C(c2ccc(Br)cc2)C1. The molecular formula is C22H20BrClN2O3. The molecule has 0 heterocycles. The maximum absolute atomic E-state index is 13.1. The molecule has 3 rings (SSSR count). The molecule has 0 saturated carbocycles. The van der Waals surface area contributed by atoms with Crippen LogP contribution in [-0.4, -0.2) is 23.2 Å². The van der Waals surface area contributed by atoms with Crippen LogP contribution in [0.5, 0.6) is 0 Å². The molecule has 2 aromatic rings. The predicted molar refractivity (Wildman–Crippen MR) is 117 cm³/mol. The highest BCUT2D eigenvalue weighted by molar-refractivity contribution is 9.10. The number of carbonyl (C=O) groups excluding carboxylic acids is 1. The third-order valence-corrected chi connectivity index (χ3v) is 5.98. The average Bonchev–Trinajstić information content (AvgIpc) is 2.70. The Bertz CT molecular complexity index is 971. The third-order valence-electron chi connectivity index (χ3n) is 5.20. The number of carboxylic acids is 1. The summed E-state index contributed by atoms with van der Waals surface area (Å²) in [6.45, 7) is 1.95. The van der Waals surface area contributed by atoms with E-state index in [9.17, 15) is 14.7 Å². The maximum atomic E-state index is 13.1. The summed E-state index contributed by atoms with van der Waals surface area (Å²) >= 11 is 9.25. The first kappa shape index (κ1) is 21.3. The second kappa shape index (κ2) is 8.93. The number of rotatable bonds is 5. The largest absolute Gasteiger partial charge is 0.480 e. The van der Waals surface area contributed by atoms with Crippen LogP contribution in [0.3, 0.4) is 0 Å². The van der Waals surface area contributed by atoms with Gasteiger partial charge in [-0.1, -0.05) is 63.4 Å². The fourth-order valence-corrected chi connectivity index (χ4v) is 3.94. The van der Waals surface area contributed by atoms with Crippen LogP contribution in [0.2, 0.25) is 5.02 Å². The molecule has 0 bridgehead atoms. The lowest BCUT2D eigenvalue weighted by molar-refractivity contribution is -0.158. The third kappa shape index (κ3) is 4.60. The first-order valence-electron chi connectivity index (χ1n) is 9.06. The van der Waals surface area contributed by atoms with Gasteiger partial charge >= 0.3 is 5.97 Å². The van der Waals surface area contributed by atoms with E-state index in [1.807, 2.05) is 37.3 Å².